The Morgan fingerprint density at radius 3 is 2.53 bits per heavy atom. The smallest absolute Gasteiger partial charge is 0.326 e. The van der Waals surface area contributed by atoms with Crippen molar-refractivity contribution >= 4 is 11.9 Å². The van der Waals surface area contributed by atoms with Gasteiger partial charge in [0.25, 0.3) is 0 Å². The summed E-state index contributed by atoms with van der Waals surface area (Å²) in [6, 6.07) is 2.49. The van der Waals surface area contributed by atoms with Gasteiger partial charge in [-0.3, -0.25) is 4.79 Å². The lowest BCUT2D eigenvalue weighted by atomic mass is 10.1. The highest BCUT2D eigenvalue weighted by Crippen LogP contribution is 2.10. The van der Waals surface area contributed by atoms with Gasteiger partial charge in [-0.1, -0.05) is 13.0 Å². The first-order chi connectivity index (χ1) is 8.93. The van der Waals surface area contributed by atoms with Crippen LogP contribution in [0.4, 0.5) is 8.78 Å². The van der Waals surface area contributed by atoms with E-state index in [1.807, 2.05) is 0 Å². The predicted octanol–water partition coefficient (Wildman–Crippen LogP) is 1.88. The van der Waals surface area contributed by atoms with Crippen molar-refractivity contribution in [2.45, 2.75) is 32.2 Å². The Kier molecular flexibility index (Phi) is 5.41. The van der Waals surface area contributed by atoms with E-state index in [1.54, 1.807) is 6.92 Å². The van der Waals surface area contributed by atoms with Gasteiger partial charge in [-0.15, -0.1) is 0 Å². The number of rotatable bonds is 6. The summed E-state index contributed by atoms with van der Waals surface area (Å²) in [5, 5.41) is 11.1. The molecule has 0 aliphatic carbocycles. The molecule has 104 valence electrons. The van der Waals surface area contributed by atoms with E-state index in [4.69, 9.17) is 5.11 Å². The summed E-state index contributed by atoms with van der Waals surface area (Å²) in [6.45, 7) is 1.65. The molecule has 0 spiro atoms. The van der Waals surface area contributed by atoms with Crippen molar-refractivity contribution in [1.82, 2.24) is 5.32 Å². The molecule has 1 rings (SSSR count). The number of carbonyl (C=O) groups excluding carboxylic acids is 1. The van der Waals surface area contributed by atoms with Crippen LogP contribution < -0.4 is 5.32 Å². The van der Waals surface area contributed by atoms with Crippen molar-refractivity contribution in [2.24, 2.45) is 0 Å². The molecular weight excluding hydrogens is 256 g/mol. The van der Waals surface area contributed by atoms with Gasteiger partial charge in [0, 0.05) is 6.42 Å². The highest BCUT2D eigenvalue weighted by molar-refractivity contribution is 5.83. The van der Waals surface area contributed by atoms with E-state index in [9.17, 15) is 18.4 Å². The van der Waals surface area contributed by atoms with Gasteiger partial charge in [-0.2, -0.15) is 0 Å². The molecule has 0 fully saturated rings. The Bertz CT molecular complexity index is 477. The third-order valence-electron chi connectivity index (χ3n) is 2.67. The second kappa shape index (κ2) is 6.82. The number of nitrogens with one attached hydrogen (secondary N) is 1. The fraction of sp³-hybridized carbons (Fsp3) is 0.385. The fourth-order valence-corrected chi connectivity index (χ4v) is 1.56. The summed E-state index contributed by atoms with van der Waals surface area (Å²) in [4.78, 5) is 22.2. The standard InChI is InChI=1S/C13H15F2NO3/c1-2-11(13(18)19)16-12(17)6-4-8-3-5-9(14)10(15)7-8/h3,5,7,11H,2,4,6H2,1H3,(H,16,17)(H,18,19). The lowest BCUT2D eigenvalue weighted by molar-refractivity contribution is -0.141. The van der Waals surface area contributed by atoms with Crippen molar-refractivity contribution in [2.75, 3.05) is 0 Å². The normalized spacial score (nSPS) is 11.9. The summed E-state index contributed by atoms with van der Waals surface area (Å²) < 4.78 is 25.6. The van der Waals surface area contributed by atoms with Crippen LogP contribution in [0.3, 0.4) is 0 Å². The minimum Gasteiger partial charge on any atom is -0.480 e. The minimum atomic E-state index is -1.09. The molecule has 6 heteroatoms. The number of carbonyl (C=O) groups is 2. The first-order valence-corrected chi connectivity index (χ1v) is 5.90. The third kappa shape index (κ3) is 4.65. The monoisotopic (exact) mass is 271 g/mol. The van der Waals surface area contributed by atoms with E-state index in [0.717, 1.165) is 12.1 Å². The Labute approximate surface area is 109 Å². The molecule has 0 aliphatic heterocycles. The molecule has 0 aliphatic rings. The van der Waals surface area contributed by atoms with Crippen LogP contribution in [0.5, 0.6) is 0 Å². The van der Waals surface area contributed by atoms with Crippen molar-refractivity contribution in [3.05, 3.63) is 35.4 Å². The van der Waals surface area contributed by atoms with Crippen LogP contribution in [-0.2, 0) is 16.0 Å². The zero-order valence-corrected chi connectivity index (χ0v) is 10.5. The quantitative estimate of drug-likeness (QED) is 0.830. The summed E-state index contributed by atoms with van der Waals surface area (Å²) >= 11 is 0. The van der Waals surface area contributed by atoms with Crippen molar-refractivity contribution < 1.29 is 23.5 Å². The highest BCUT2D eigenvalue weighted by Gasteiger charge is 2.17. The van der Waals surface area contributed by atoms with Crippen molar-refractivity contribution in [3.63, 3.8) is 0 Å². The second-order valence-electron chi connectivity index (χ2n) is 4.12. The van der Waals surface area contributed by atoms with Gasteiger partial charge in [0.15, 0.2) is 11.6 Å². The Morgan fingerprint density at radius 1 is 1.32 bits per heavy atom. The zero-order chi connectivity index (χ0) is 14.4. The van der Waals surface area contributed by atoms with Crippen LogP contribution in [0.2, 0.25) is 0 Å². The highest BCUT2D eigenvalue weighted by atomic mass is 19.2. The SMILES string of the molecule is CCC(NC(=O)CCc1ccc(F)c(F)c1)C(=O)O. The molecule has 0 heterocycles. The molecule has 1 aromatic rings. The van der Waals surface area contributed by atoms with Gasteiger partial charge in [-0.05, 0) is 30.5 Å². The van der Waals surface area contributed by atoms with E-state index >= 15 is 0 Å². The lowest BCUT2D eigenvalue weighted by Gasteiger charge is -2.12. The van der Waals surface area contributed by atoms with Gasteiger partial charge < -0.3 is 10.4 Å². The summed E-state index contributed by atoms with van der Waals surface area (Å²) in [5.74, 6) is -3.43. The number of benzene rings is 1. The average Bonchev–Trinajstić information content (AvgIpc) is 2.37. The summed E-state index contributed by atoms with van der Waals surface area (Å²) in [7, 11) is 0. The fourth-order valence-electron chi connectivity index (χ4n) is 1.56. The van der Waals surface area contributed by atoms with Crippen LogP contribution >= 0.6 is 0 Å². The first-order valence-electron chi connectivity index (χ1n) is 5.90. The molecule has 0 bridgehead atoms. The molecule has 1 aromatic carbocycles. The van der Waals surface area contributed by atoms with Gasteiger partial charge in [-0.25, -0.2) is 13.6 Å². The number of hydrogen-bond acceptors (Lipinski definition) is 2. The van der Waals surface area contributed by atoms with Gasteiger partial charge in [0.2, 0.25) is 5.91 Å². The maximum atomic E-state index is 12.9. The second-order valence-corrected chi connectivity index (χ2v) is 4.12. The van der Waals surface area contributed by atoms with Gasteiger partial charge in [0.1, 0.15) is 6.04 Å². The van der Waals surface area contributed by atoms with E-state index in [1.165, 1.54) is 6.07 Å². The predicted molar refractivity (Wildman–Crippen MR) is 64.5 cm³/mol. The molecule has 0 radical (unpaired) electrons. The lowest BCUT2D eigenvalue weighted by Crippen LogP contribution is -2.40. The number of amides is 1. The van der Waals surface area contributed by atoms with E-state index < -0.39 is 29.6 Å². The van der Waals surface area contributed by atoms with E-state index in [0.29, 0.717) is 5.56 Å². The van der Waals surface area contributed by atoms with Gasteiger partial charge in [0.05, 0.1) is 0 Å². The Morgan fingerprint density at radius 2 is 2.00 bits per heavy atom. The average molecular weight is 271 g/mol. The number of aryl methyl sites for hydroxylation is 1. The van der Waals surface area contributed by atoms with Crippen molar-refractivity contribution in [3.8, 4) is 0 Å². The molecule has 1 amide bonds. The van der Waals surface area contributed by atoms with E-state index in [2.05, 4.69) is 5.32 Å². The molecule has 2 N–H and O–H groups in total. The molecule has 4 nitrogen and oxygen atoms in total. The van der Waals surface area contributed by atoms with E-state index in [-0.39, 0.29) is 19.3 Å². The number of carboxylic acid groups (broad SMARTS) is 1. The molecule has 0 saturated heterocycles. The number of halogens is 2. The van der Waals surface area contributed by atoms with Crippen LogP contribution in [-0.4, -0.2) is 23.0 Å². The Hall–Kier alpha value is -1.98. The maximum Gasteiger partial charge on any atom is 0.326 e. The maximum absolute atomic E-state index is 12.9. The van der Waals surface area contributed by atoms with Crippen LogP contribution in [0.15, 0.2) is 18.2 Å². The largest absolute Gasteiger partial charge is 0.480 e. The third-order valence-corrected chi connectivity index (χ3v) is 2.67. The number of carboxylic acids is 1. The van der Waals surface area contributed by atoms with Crippen LogP contribution in [0.25, 0.3) is 0 Å². The first kappa shape index (κ1) is 15.1. The molecule has 0 aromatic heterocycles. The summed E-state index contributed by atoms with van der Waals surface area (Å²) in [6.07, 6.45) is 0.528. The summed E-state index contributed by atoms with van der Waals surface area (Å²) in [5.41, 5.74) is 0.484. The number of aliphatic carboxylic acids is 1. The van der Waals surface area contributed by atoms with Crippen molar-refractivity contribution in [1.29, 1.82) is 0 Å². The minimum absolute atomic E-state index is 0.0227. The number of hydrogen-bond donors (Lipinski definition) is 2. The molecular formula is C13H15F2NO3. The molecule has 1 atom stereocenters. The Balaban J connectivity index is 2.49. The van der Waals surface area contributed by atoms with Crippen LogP contribution in [0, 0.1) is 11.6 Å². The molecule has 19 heavy (non-hydrogen) atoms. The van der Waals surface area contributed by atoms with Crippen LogP contribution in [0.1, 0.15) is 25.3 Å². The zero-order valence-electron chi connectivity index (χ0n) is 10.5. The molecule has 1 unspecified atom stereocenters. The molecule has 0 saturated carbocycles. The van der Waals surface area contributed by atoms with Gasteiger partial charge >= 0.3 is 5.97 Å². The topological polar surface area (TPSA) is 66.4 Å².